The van der Waals surface area contributed by atoms with Crippen molar-refractivity contribution in [2.24, 2.45) is 0 Å². The summed E-state index contributed by atoms with van der Waals surface area (Å²) in [6.45, 7) is 2.20. The van der Waals surface area contributed by atoms with Crippen molar-refractivity contribution in [3.63, 3.8) is 0 Å². The van der Waals surface area contributed by atoms with Gasteiger partial charge in [-0.15, -0.1) is 11.3 Å². The van der Waals surface area contributed by atoms with Crippen molar-refractivity contribution in [2.75, 3.05) is 19.5 Å². The lowest BCUT2D eigenvalue weighted by Crippen LogP contribution is -2.26. The smallest absolute Gasteiger partial charge is 0.261 e. The number of ether oxygens (including phenoxy) is 1. The lowest BCUT2D eigenvalue weighted by Gasteiger charge is -2.13. The fourth-order valence-electron chi connectivity index (χ4n) is 3.03. The van der Waals surface area contributed by atoms with Crippen LogP contribution in [0.4, 0.5) is 0 Å². The molecule has 0 bridgehead atoms. The average molecular weight is 380 g/mol. The maximum Gasteiger partial charge on any atom is 0.261 e. The summed E-state index contributed by atoms with van der Waals surface area (Å²) in [7, 11) is -1.94. The summed E-state index contributed by atoms with van der Waals surface area (Å²) in [5.74, 6) is -0.308. The molecule has 1 heterocycles. The van der Waals surface area contributed by atoms with Gasteiger partial charge in [-0.05, 0) is 43.0 Å². The van der Waals surface area contributed by atoms with Gasteiger partial charge in [0.05, 0.1) is 23.3 Å². The number of fused-ring (bicyclic) bond motifs is 1. The monoisotopic (exact) mass is 379 g/mol. The molecule has 0 saturated heterocycles. The highest BCUT2D eigenvalue weighted by Gasteiger charge is 2.25. The lowest BCUT2D eigenvalue weighted by molar-refractivity contribution is 0.0941. The van der Waals surface area contributed by atoms with E-state index in [4.69, 9.17) is 4.74 Å². The van der Waals surface area contributed by atoms with Crippen LogP contribution in [0.2, 0.25) is 0 Å². The minimum absolute atomic E-state index is 0.0150. The second-order valence-corrected chi connectivity index (χ2v) is 9.62. The maximum atomic E-state index is 12.5. The van der Waals surface area contributed by atoms with Crippen molar-refractivity contribution < 1.29 is 17.9 Å². The Morgan fingerprint density at radius 1 is 1.32 bits per heavy atom. The number of benzene rings is 1. The van der Waals surface area contributed by atoms with Crippen molar-refractivity contribution in [3.05, 3.63) is 51.9 Å². The second-order valence-electron chi connectivity index (χ2n) is 6.20. The first-order valence-electron chi connectivity index (χ1n) is 8.12. The number of hydrogen-bond acceptors (Lipinski definition) is 5. The fraction of sp³-hybridized carbons (Fsp3) is 0.389. The summed E-state index contributed by atoms with van der Waals surface area (Å²) >= 11 is 1.01. The van der Waals surface area contributed by atoms with Crippen LogP contribution >= 0.6 is 11.3 Å². The normalized spacial score (nSPS) is 16.6. The summed E-state index contributed by atoms with van der Waals surface area (Å²) in [5.41, 5.74) is 3.65. The van der Waals surface area contributed by atoms with Crippen molar-refractivity contribution in [1.29, 1.82) is 0 Å². The SMILES string of the molecule is COCCS(=O)(=O)c1ccc(C(=O)N[C@@H]2CCc3cc(C)ccc32)s1. The zero-order chi connectivity index (χ0) is 18.0. The van der Waals surface area contributed by atoms with Gasteiger partial charge in [-0.3, -0.25) is 4.79 Å². The quantitative estimate of drug-likeness (QED) is 0.838. The number of sulfone groups is 1. The van der Waals surface area contributed by atoms with Gasteiger partial charge < -0.3 is 10.1 Å². The molecule has 1 aliphatic rings. The molecule has 3 rings (SSSR count). The van der Waals surface area contributed by atoms with Gasteiger partial charge in [0.15, 0.2) is 9.84 Å². The number of thiophene rings is 1. The molecule has 1 N–H and O–H groups in total. The molecule has 1 amide bonds. The molecule has 25 heavy (non-hydrogen) atoms. The maximum absolute atomic E-state index is 12.5. The van der Waals surface area contributed by atoms with E-state index < -0.39 is 9.84 Å². The number of nitrogens with one attached hydrogen (secondary N) is 1. The summed E-state index contributed by atoms with van der Waals surface area (Å²) in [5, 5.41) is 3.03. The number of rotatable bonds is 6. The van der Waals surface area contributed by atoms with E-state index in [1.807, 2.05) is 0 Å². The van der Waals surface area contributed by atoms with E-state index in [1.165, 1.54) is 24.3 Å². The van der Waals surface area contributed by atoms with Crippen LogP contribution in [-0.4, -0.2) is 33.8 Å². The lowest BCUT2D eigenvalue weighted by atomic mass is 10.1. The molecule has 2 aromatic rings. The molecule has 0 unspecified atom stereocenters. The molecule has 0 spiro atoms. The minimum atomic E-state index is -3.40. The molecule has 0 saturated carbocycles. The topological polar surface area (TPSA) is 72.5 Å². The van der Waals surface area contributed by atoms with Gasteiger partial charge >= 0.3 is 0 Å². The molecule has 1 atom stereocenters. The summed E-state index contributed by atoms with van der Waals surface area (Å²) < 4.78 is 29.4. The Labute approximate surface area is 151 Å². The molecular weight excluding hydrogens is 358 g/mol. The first-order valence-corrected chi connectivity index (χ1v) is 10.6. The van der Waals surface area contributed by atoms with Gasteiger partial charge in [0.2, 0.25) is 0 Å². The number of methoxy groups -OCH3 is 1. The van der Waals surface area contributed by atoms with Gasteiger partial charge in [0, 0.05) is 7.11 Å². The predicted molar refractivity (Wildman–Crippen MR) is 98.0 cm³/mol. The Hall–Kier alpha value is -1.70. The van der Waals surface area contributed by atoms with E-state index in [0.717, 1.165) is 29.7 Å². The molecule has 1 aliphatic carbocycles. The number of amides is 1. The Balaban J connectivity index is 1.72. The van der Waals surface area contributed by atoms with Crippen LogP contribution in [-0.2, 0) is 21.0 Å². The van der Waals surface area contributed by atoms with Crippen LogP contribution in [0.3, 0.4) is 0 Å². The van der Waals surface area contributed by atoms with Crippen LogP contribution in [0, 0.1) is 6.92 Å². The molecule has 1 aromatic heterocycles. The highest BCUT2D eigenvalue weighted by atomic mass is 32.2. The molecule has 7 heteroatoms. The van der Waals surface area contributed by atoms with E-state index in [-0.39, 0.29) is 28.5 Å². The highest BCUT2D eigenvalue weighted by Crippen LogP contribution is 2.32. The predicted octanol–water partition coefficient (Wildman–Crippen LogP) is 2.89. The molecule has 5 nitrogen and oxygen atoms in total. The largest absolute Gasteiger partial charge is 0.384 e. The first kappa shape index (κ1) is 18.1. The zero-order valence-electron chi connectivity index (χ0n) is 14.2. The van der Waals surface area contributed by atoms with Crippen LogP contribution in [0.25, 0.3) is 0 Å². The van der Waals surface area contributed by atoms with E-state index in [0.29, 0.717) is 4.88 Å². The second kappa shape index (κ2) is 7.27. The molecule has 0 fully saturated rings. The van der Waals surface area contributed by atoms with Gasteiger partial charge in [-0.25, -0.2) is 8.42 Å². The third-order valence-corrected chi connectivity index (χ3v) is 7.69. The molecule has 0 radical (unpaired) electrons. The van der Waals surface area contributed by atoms with Crippen molar-refractivity contribution in [3.8, 4) is 0 Å². The van der Waals surface area contributed by atoms with E-state index in [2.05, 4.69) is 30.4 Å². The molecule has 1 aromatic carbocycles. The third-order valence-electron chi connectivity index (χ3n) is 4.35. The Morgan fingerprint density at radius 3 is 2.88 bits per heavy atom. The zero-order valence-corrected chi connectivity index (χ0v) is 15.9. The molecule has 134 valence electrons. The van der Waals surface area contributed by atoms with Crippen LogP contribution in [0.1, 0.15) is 38.8 Å². The van der Waals surface area contributed by atoms with E-state index in [1.54, 1.807) is 6.07 Å². The summed E-state index contributed by atoms with van der Waals surface area (Å²) in [6, 6.07) is 9.33. The number of aryl methyl sites for hydroxylation is 2. The Kier molecular flexibility index (Phi) is 5.27. The van der Waals surface area contributed by atoms with Gasteiger partial charge in [-0.1, -0.05) is 23.8 Å². The standard InChI is InChI=1S/C18H21NO4S2/c1-12-3-5-14-13(11-12)4-6-15(14)19-18(20)16-7-8-17(24-16)25(21,22)10-9-23-2/h3,5,7-8,11,15H,4,6,9-10H2,1-2H3,(H,19,20)/t15-/m1/s1. The average Bonchev–Trinajstić information content (AvgIpc) is 3.21. The fourth-order valence-corrected chi connectivity index (χ4v) is 5.56. The summed E-state index contributed by atoms with van der Waals surface area (Å²) in [4.78, 5) is 12.9. The summed E-state index contributed by atoms with van der Waals surface area (Å²) in [6.07, 6.45) is 1.82. The number of carbonyl (C=O) groups is 1. The van der Waals surface area contributed by atoms with E-state index in [9.17, 15) is 13.2 Å². The van der Waals surface area contributed by atoms with Crippen molar-refractivity contribution in [1.82, 2.24) is 5.32 Å². The van der Waals surface area contributed by atoms with Crippen molar-refractivity contribution in [2.45, 2.75) is 30.0 Å². The van der Waals surface area contributed by atoms with Gasteiger partial charge in [0.1, 0.15) is 4.21 Å². The van der Waals surface area contributed by atoms with Crippen molar-refractivity contribution >= 4 is 27.1 Å². The van der Waals surface area contributed by atoms with Crippen LogP contribution < -0.4 is 5.32 Å². The molecule has 0 aliphatic heterocycles. The number of hydrogen-bond donors (Lipinski definition) is 1. The van der Waals surface area contributed by atoms with Gasteiger partial charge in [0.25, 0.3) is 5.91 Å². The Bertz CT molecular complexity index is 886. The first-order chi connectivity index (χ1) is 11.9. The Morgan fingerprint density at radius 2 is 2.12 bits per heavy atom. The minimum Gasteiger partial charge on any atom is -0.384 e. The van der Waals surface area contributed by atoms with Crippen LogP contribution in [0.5, 0.6) is 0 Å². The third kappa shape index (κ3) is 3.94. The molecular formula is C18H21NO4S2. The number of carbonyl (C=O) groups excluding carboxylic acids is 1. The highest BCUT2D eigenvalue weighted by molar-refractivity contribution is 7.93. The van der Waals surface area contributed by atoms with Gasteiger partial charge in [-0.2, -0.15) is 0 Å². The van der Waals surface area contributed by atoms with Crippen LogP contribution in [0.15, 0.2) is 34.5 Å². The van der Waals surface area contributed by atoms with E-state index >= 15 is 0 Å².